The SMILES string of the molecule is CCCN(C(=O)CCc1ncc(-c2ccccc2Cl)o1)C1CCNCC1. The minimum absolute atomic E-state index is 0.191. The molecule has 2 heterocycles. The predicted molar refractivity (Wildman–Crippen MR) is 103 cm³/mol. The lowest BCUT2D eigenvalue weighted by Crippen LogP contribution is -2.46. The Bertz CT molecular complexity index is 725. The minimum atomic E-state index is 0.191. The summed E-state index contributed by atoms with van der Waals surface area (Å²) >= 11 is 6.20. The molecule has 0 spiro atoms. The summed E-state index contributed by atoms with van der Waals surface area (Å²) in [5.41, 5.74) is 0.821. The molecule has 140 valence electrons. The van der Waals surface area contributed by atoms with Crippen molar-refractivity contribution in [2.75, 3.05) is 19.6 Å². The van der Waals surface area contributed by atoms with Gasteiger partial charge in [0.2, 0.25) is 5.91 Å². The van der Waals surface area contributed by atoms with Crippen molar-refractivity contribution in [3.8, 4) is 11.3 Å². The smallest absolute Gasteiger partial charge is 0.223 e. The van der Waals surface area contributed by atoms with E-state index >= 15 is 0 Å². The fourth-order valence-corrected chi connectivity index (χ4v) is 3.67. The number of halogens is 1. The van der Waals surface area contributed by atoms with Crippen molar-refractivity contribution in [2.24, 2.45) is 0 Å². The summed E-state index contributed by atoms with van der Waals surface area (Å²) in [6.45, 7) is 4.91. The monoisotopic (exact) mass is 375 g/mol. The van der Waals surface area contributed by atoms with Gasteiger partial charge in [-0.15, -0.1) is 0 Å². The van der Waals surface area contributed by atoms with Gasteiger partial charge < -0.3 is 14.6 Å². The molecule has 26 heavy (non-hydrogen) atoms. The number of carbonyl (C=O) groups excluding carboxylic acids is 1. The molecule has 3 rings (SSSR count). The lowest BCUT2D eigenvalue weighted by molar-refractivity contribution is -0.134. The molecule has 6 heteroatoms. The van der Waals surface area contributed by atoms with Crippen LogP contribution in [0.5, 0.6) is 0 Å². The third-order valence-corrected chi connectivity index (χ3v) is 5.11. The number of rotatable bonds is 7. The number of aromatic nitrogens is 1. The fourth-order valence-electron chi connectivity index (χ4n) is 3.44. The van der Waals surface area contributed by atoms with Gasteiger partial charge in [0, 0.05) is 31.0 Å². The Hall–Kier alpha value is -1.85. The molecule has 1 fully saturated rings. The maximum absolute atomic E-state index is 12.8. The predicted octanol–water partition coefficient (Wildman–Crippen LogP) is 3.92. The van der Waals surface area contributed by atoms with E-state index < -0.39 is 0 Å². The van der Waals surface area contributed by atoms with Gasteiger partial charge in [-0.3, -0.25) is 4.79 Å². The highest BCUT2D eigenvalue weighted by molar-refractivity contribution is 6.33. The van der Waals surface area contributed by atoms with Gasteiger partial charge in [-0.25, -0.2) is 4.98 Å². The number of carbonyl (C=O) groups is 1. The molecule has 1 amide bonds. The topological polar surface area (TPSA) is 58.4 Å². The zero-order chi connectivity index (χ0) is 18.4. The van der Waals surface area contributed by atoms with E-state index in [4.69, 9.17) is 16.0 Å². The van der Waals surface area contributed by atoms with Crippen LogP contribution >= 0.6 is 11.6 Å². The molecule has 1 saturated heterocycles. The number of aryl methyl sites for hydroxylation is 1. The molecule has 1 aromatic carbocycles. The molecule has 0 radical (unpaired) electrons. The van der Waals surface area contributed by atoms with Gasteiger partial charge in [0.25, 0.3) is 0 Å². The highest BCUT2D eigenvalue weighted by Crippen LogP contribution is 2.28. The van der Waals surface area contributed by atoms with Crippen molar-refractivity contribution in [3.05, 3.63) is 41.4 Å². The Balaban J connectivity index is 1.60. The first kappa shape index (κ1) is 18.9. The normalized spacial score (nSPS) is 15.2. The summed E-state index contributed by atoms with van der Waals surface area (Å²) in [6.07, 6.45) is 5.65. The highest BCUT2D eigenvalue weighted by Gasteiger charge is 2.24. The van der Waals surface area contributed by atoms with Gasteiger partial charge in [0.1, 0.15) is 0 Å². The van der Waals surface area contributed by atoms with Gasteiger partial charge in [-0.2, -0.15) is 0 Å². The van der Waals surface area contributed by atoms with Crippen LogP contribution in [0.3, 0.4) is 0 Å². The summed E-state index contributed by atoms with van der Waals surface area (Å²) in [4.78, 5) is 19.1. The number of hydrogen-bond acceptors (Lipinski definition) is 4. The molecule has 1 aliphatic heterocycles. The molecular formula is C20H26ClN3O2. The third kappa shape index (κ3) is 4.65. The Morgan fingerprint density at radius 2 is 2.12 bits per heavy atom. The second-order valence-electron chi connectivity index (χ2n) is 6.67. The summed E-state index contributed by atoms with van der Waals surface area (Å²) in [6, 6.07) is 7.87. The van der Waals surface area contributed by atoms with E-state index in [0.717, 1.165) is 44.5 Å². The number of amides is 1. The molecule has 0 aliphatic carbocycles. The van der Waals surface area contributed by atoms with Crippen molar-refractivity contribution in [2.45, 2.75) is 45.1 Å². The van der Waals surface area contributed by atoms with Gasteiger partial charge in [0.05, 0.1) is 11.2 Å². The Kier molecular flexibility index (Phi) is 6.69. The van der Waals surface area contributed by atoms with E-state index in [1.165, 1.54) is 0 Å². The van der Waals surface area contributed by atoms with Crippen molar-refractivity contribution in [1.82, 2.24) is 15.2 Å². The summed E-state index contributed by atoms with van der Waals surface area (Å²) < 4.78 is 5.81. The Morgan fingerprint density at radius 1 is 1.35 bits per heavy atom. The van der Waals surface area contributed by atoms with E-state index in [2.05, 4.69) is 22.1 Å². The van der Waals surface area contributed by atoms with E-state index in [-0.39, 0.29) is 5.91 Å². The van der Waals surface area contributed by atoms with Crippen LogP contribution in [0.1, 0.15) is 38.5 Å². The Morgan fingerprint density at radius 3 is 2.85 bits per heavy atom. The third-order valence-electron chi connectivity index (χ3n) is 4.78. The standard InChI is InChI=1S/C20H26ClN3O2/c1-2-13-24(15-9-11-22-12-10-15)20(25)8-7-19-23-14-18(26-19)16-5-3-4-6-17(16)21/h3-6,14-15,22H,2,7-13H2,1H3. The van der Waals surface area contributed by atoms with Crippen molar-refractivity contribution in [3.63, 3.8) is 0 Å². The lowest BCUT2D eigenvalue weighted by atomic mass is 10.0. The molecular weight excluding hydrogens is 350 g/mol. The lowest BCUT2D eigenvalue weighted by Gasteiger charge is -2.34. The first-order chi connectivity index (χ1) is 12.7. The first-order valence-electron chi connectivity index (χ1n) is 9.39. The van der Waals surface area contributed by atoms with Crippen LogP contribution in [-0.4, -0.2) is 41.5 Å². The molecule has 1 N–H and O–H groups in total. The number of oxazole rings is 1. The van der Waals surface area contributed by atoms with E-state index in [1.807, 2.05) is 24.3 Å². The number of hydrogen-bond donors (Lipinski definition) is 1. The first-order valence-corrected chi connectivity index (χ1v) is 9.76. The zero-order valence-electron chi connectivity index (χ0n) is 15.2. The van der Waals surface area contributed by atoms with Crippen molar-refractivity contribution in [1.29, 1.82) is 0 Å². The van der Waals surface area contributed by atoms with Crippen molar-refractivity contribution >= 4 is 17.5 Å². The molecule has 1 aromatic heterocycles. The Labute approximate surface area is 159 Å². The summed E-state index contributed by atoms with van der Waals surface area (Å²) in [5, 5.41) is 3.99. The summed E-state index contributed by atoms with van der Waals surface area (Å²) in [7, 11) is 0. The molecule has 0 unspecified atom stereocenters. The van der Waals surface area contributed by atoms with Gasteiger partial charge in [-0.05, 0) is 44.5 Å². The number of nitrogens with zero attached hydrogens (tertiary/aromatic N) is 2. The van der Waals surface area contributed by atoms with E-state index in [0.29, 0.717) is 35.6 Å². The molecule has 2 aromatic rings. The number of piperidine rings is 1. The van der Waals surface area contributed by atoms with E-state index in [9.17, 15) is 4.79 Å². The second kappa shape index (κ2) is 9.19. The molecule has 0 saturated carbocycles. The average Bonchev–Trinajstić information content (AvgIpc) is 3.14. The largest absolute Gasteiger partial charge is 0.441 e. The van der Waals surface area contributed by atoms with Crippen LogP contribution < -0.4 is 5.32 Å². The van der Waals surface area contributed by atoms with Gasteiger partial charge in [0.15, 0.2) is 11.7 Å². The van der Waals surface area contributed by atoms with Gasteiger partial charge in [-0.1, -0.05) is 30.7 Å². The van der Waals surface area contributed by atoms with Crippen LogP contribution in [0.25, 0.3) is 11.3 Å². The van der Waals surface area contributed by atoms with Crippen LogP contribution in [0.2, 0.25) is 5.02 Å². The van der Waals surface area contributed by atoms with E-state index in [1.54, 1.807) is 6.20 Å². The average molecular weight is 376 g/mol. The second-order valence-corrected chi connectivity index (χ2v) is 7.07. The minimum Gasteiger partial charge on any atom is -0.441 e. The highest BCUT2D eigenvalue weighted by atomic mass is 35.5. The van der Waals surface area contributed by atoms with Gasteiger partial charge >= 0.3 is 0 Å². The van der Waals surface area contributed by atoms with Crippen LogP contribution in [0, 0.1) is 0 Å². The summed E-state index contributed by atoms with van der Waals surface area (Å²) in [5.74, 6) is 1.41. The quantitative estimate of drug-likeness (QED) is 0.796. The molecule has 0 atom stereocenters. The molecule has 0 bridgehead atoms. The maximum atomic E-state index is 12.8. The zero-order valence-corrected chi connectivity index (χ0v) is 16.0. The van der Waals surface area contributed by atoms with Crippen LogP contribution in [0.15, 0.2) is 34.9 Å². The van der Waals surface area contributed by atoms with Crippen LogP contribution in [-0.2, 0) is 11.2 Å². The maximum Gasteiger partial charge on any atom is 0.223 e. The number of benzene rings is 1. The van der Waals surface area contributed by atoms with Crippen LogP contribution in [0.4, 0.5) is 0 Å². The molecule has 5 nitrogen and oxygen atoms in total. The fraction of sp³-hybridized carbons (Fsp3) is 0.500. The molecule has 1 aliphatic rings. The number of nitrogens with one attached hydrogen (secondary N) is 1. The van der Waals surface area contributed by atoms with Crippen molar-refractivity contribution < 1.29 is 9.21 Å².